The maximum atomic E-state index is 13.0. The molecule has 3 aliphatic rings. The molecule has 0 aromatic heterocycles. The fourth-order valence-corrected chi connectivity index (χ4v) is 7.21. The summed E-state index contributed by atoms with van der Waals surface area (Å²) in [6.45, 7) is 0.960. The Hall–Kier alpha value is -1.40. The van der Waals surface area contributed by atoms with Crippen LogP contribution in [-0.2, 0) is 27.5 Å². The van der Waals surface area contributed by atoms with Crippen LogP contribution in [-0.4, -0.2) is 68.4 Å². The molecule has 0 saturated carbocycles. The maximum absolute atomic E-state index is 13.0. The van der Waals surface area contributed by atoms with Crippen LogP contribution in [0.25, 0.3) is 0 Å². The van der Waals surface area contributed by atoms with Crippen molar-refractivity contribution in [2.75, 3.05) is 32.9 Å². The number of rotatable bonds is 2. The number of hydrogen-bond acceptors (Lipinski definition) is 4. The summed E-state index contributed by atoms with van der Waals surface area (Å²) in [6, 6.07) is 8.24. The van der Waals surface area contributed by atoms with Gasteiger partial charge in [0.2, 0.25) is 5.91 Å². The number of hydrogen-bond donors (Lipinski definition) is 0. The molecule has 1 amide bonds. The first-order valence-corrected chi connectivity index (χ1v) is 10.3. The van der Waals surface area contributed by atoms with Crippen molar-refractivity contribution in [1.82, 2.24) is 9.80 Å². The van der Waals surface area contributed by atoms with Crippen LogP contribution in [0.2, 0.25) is 0 Å². The fraction of sp³-hybridized carbons (Fsp3) is 0.611. The van der Waals surface area contributed by atoms with Gasteiger partial charge in [0.05, 0.1) is 11.0 Å². The predicted octanol–water partition coefficient (Wildman–Crippen LogP) is 0.587. The van der Waals surface area contributed by atoms with Crippen molar-refractivity contribution < 1.29 is 13.2 Å². The van der Waals surface area contributed by atoms with Gasteiger partial charge in [0.1, 0.15) is 0 Å². The quantitative estimate of drug-likeness (QED) is 0.785. The lowest BCUT2D eigenvalue weighted by Crippen LogP contribution is -2.40. The van der Waals surface area contributed by atoms with E-state index in [0.29, 0.717) is 13.1 Å². The van der Waals surface area contributed by atoms with Gasteiger partial charge < -0.3 is 9.80 Å². The topological polar surface area (TPSA) is 57.7 Å². The Morgan fingerprint density at radius 2 is 1.75 bits per heavy atom. The fourth-order valence-electron chi connectivity index (χ4n) is 4.74. The zero-order chi connectivity index (χ0) is 17.1. The van der Waals surface area contributed by atoms with Crippen molar-refractivity contribution in [2.24, 2.45) is 11.8 Å². The molecular weight excluding hydrogens is 324 g/mol. The van der Waals surface area contributed by atoms with Gasteiger partial charge in [-0.15, -0.1) is 0 Å². The SMILES string of the molecule is CN(C)[C@@H]1CS(=O)(=O)[C@H]2CN(C(=O)C3Cc4ccccc4C3)C[C@@H]12. The van der Waals surface area contributed by atoms with E-state index in [9.17, 15) is 13.2 Å². The lowest BCUT2D eigenvalue weighted by atomic mass is 10.00. The molecule has 1 aliphatic carbocycles. The second-order valence-corrected chi connectivity index (χ2v) is 9.94. The van der Waals surface area contributed by atoms with E-state index >= 15 is 0 Å². The molecule has 2 fully saturated rings. The first-order chi connectivity index (χ1) is 11.4. The Kier molecular flexibility index (Phi) is 3.73. The number of amides is 1. The summed E-state index contributed by atoms with van der Waals surface area (Å²) in [5.41, 5.74) is 2.52. The molecule has 6 heteroatoms. The van der Waals surface area contributed by atoms with Crippen molar-refractivity contribution in [3.05, 3.63) is 35.4 Å². The van der Waals surface area contributed by atoms with Gasteiger partial charge in [0, 0.05) is 31.0 Å². The number of fused-ring (bicyclic) bond motifs is 2. The minimum atomic E-state index is -3.10. The predicted molar refractivity (Wildman–Crippen MR) is 92.5 cm³/mol. The first kappa shape index (κ1) is 16.1. The third kappa shape index (κ3) is 2.47. The number of carbonyl (C=O) groups is 1. The zero-order valence-electron chi connectivity index (χ0n) is 14.2. The highest BCUT2D eigenvalue weighted by atomic mass is 32.2. The van der Waals surface area contributed by atoms with Crippen LogP contribution < -0.4 is 0 Å². The highest BCUT2D eigenvalue weighted by Crippen LogP contribution is 2.37. The Labute approximate surface area is 143 Å². The highest BCUT2D eigenvalue weighted by Gasteiger charge is 2.54. The van der Waals surface area contributed by atoms with Gasteiger partial charge in [0.15, 0.2) is 9.84 Å². The summed E-state index contributed by atoms with van der Waals surface area (Å²) in [4.78, 5) is 16.8. The molecule has 0 bridgehead atoms. The smallest absolute Gasteiger partial charge is 0.226 e. The van der Waals surface area contributed by atoms with E-state index in [4.69, 9.17) is 0 Å². The number of nitrogens with zero attached hydrogens (tertiary/aromatic N) is 2. The van der Waals surface area contributed by atoms with Crippen LogP contribution in [0.5, 0.6) is 0 Å². The number of likely N-dealkylation sites (tertiary alicyclic amines) is 1. The number of benzene rings is 1. The van der Waals surface area contributed by atoms with Gasteiger partial charge in [-0.2, -0.15) is 0 Å². The van der Waals surface area contributed by atoms with Crippen LogP contribution in [0.1, 0.15) is 11.1 Å². The molecule has 0 radical (unpaired) electrons. The lowest BCUT2D eigenvalue weighted by molar-refractivity contribution is -0.134. The maximum Gasteiger partial charge on any atom is 0.226 e. The van der Waals surface area contributed by atoms with Crippen molar-refractivity contribution >= 4 is 15.7 Å². The number of sulfone groups is 1. The summed E-state index contributed by atoms with van der Waals surface area (Å²) in [5, 5.41) is -0.377. The molecular formula is C18H24N2O3S. The van der Waals surface area contributed by atoms with Crippen LogP contribution in [0, 0.1) is 11.8 Å². The Morgan fingerprint density at radius 1 is 1.12 bits per heavy atom. The van der Waals surface area contributed by atoms with E-state index in [1.54, 1.807) is 0 Å². The zero-order valence-corrected chi connectivity index (χ0v) is 15.0. The molecule has 0 N–H and O–H groups in total. The molecule has 2 heterocycles. The first-order valence-electron chi connectivity index (χ1n) is 8.60. The third-order valence-corrected chi connectivity index (χ3v) is 8.27. The molecule has 1 aromatic rings. The highest BCUT2D eigenvalue weighted by molar-refractivity contribution is 7.92. The second kappa shape index (κ2) is 5.56. The Morgan fingerprint density at radius 3 is 2.33 bits per heavy atom. The average molecular weight is 348 g/mol. The van der Waals surface area contributed by atoms with Crippen molar-refractivity contribution in [2.45, 2.75) is 24.1 Å². The van der Waals surface area contributed by atoms with Crippen LogP contribution in [0.4, 0.5) is 0 Å². The van der Waals surface area contributed by atoms with Crippen molar-refractivity contribution in [1.29, 1.82) is 0 Å². The Bertz CT molecular complexity index is 749. The molecule has 2 aliphatic heterocycles. The van der Waals surface area contributed by atoms with Crippen LogP contribution in [0.3, 0.4) is 0 Å². The monoisotopic (exact) mass is 348 g/mol. The summed E-state index contributed by atoms with van der Waals surface area (Å²) >= 11 is 0. The van der Waals surface area contributed by atoms with Crippen molar-refractivity contribution in [3.8, 4) is 0 Å². The summed E-state index contributed by atoms with van der Waals surface area (Å²) in [5.74, 6) is 0.388. The summed E-state index contributed by atoms with van der Waals surface area (Å²) < 4.78 is 24.9. The summed E-state index contributed by atoms with van der Waals surface area (Å²) in [7, 11) is 0.765. The molecule has 0 spiro atoms. The van der Waals surface area contributed by atoms with E-state index in [1.807, 2.05) is 36.0 Å². The summed E-state index contributed by atoms with van der Waals surface area (Å²) in [6.07, 6.45) is 1.56. The largest absolute Gasteiger partial charge is 0.341 e. The molecule has 24 heavy (non-hydrogen) atoms. The molecule has 0 unspecified atom stereocenters. The molecule has 130 valence electrons. The lowest BCUT2D eigenvalue weighted by Gasteiger charge is -2.26. The molecule has 4 rings (SSSR count). The number of carbonyl (C=O) groups excluding carboxylic acids is 1. The molecule has 2 saturated heterocycles. The van der Waals surface area contributed by atoms with E-state index in [0.717, 1.165) is 12.8 Å². The molecule has 1 aromatic carbocycles. The normalized spacial score (nSPS) is 31.5. The average Bonchev–Trinajstić information content (AvgIpc) is 3.20. The Balaban J connectivity index is 1.51. The molecule has 5 nitrogen and oxygen atoms in total. The second-order valence-electron chi connectivity index (χ2n) is 7.68. The van der Waals surface area contributed by atoms with E-state index < -0.39 is 9.84 Å². The van der Waals surface area contributed by atoms with Gasteiger partial charge >= 0.3 is 0 Å². The van der Waals surface area contributed by atoms with Gasteiger partial charge in [0.25, 0.3) is 0 Å². The van der Waals surface area contributed by atoms with E-state index in [1.165, 1.54) is 11.1 Å². The van der Waals surface area contributed by atoms with Crippen LogP contribution in [0.15, 0.2) is 24.3 Å². The van der Waals surface area contributed by atoms with Gasteiger partial charge in [-0.1, -0.05) is 24.3 Å². The van der Waals surface area contributed by atoms with Gasteiger partial charge in [-0.25, -0.2) is 8.42 Å². The van der Waals surface area contributed by atoms with Gasteiger partial charge in [-0.05, 0) is 38.1 Å². The van der Waals surface area contributed by atoms with E-state index in [2.05, 4.69) is 12.1 Å². The van der Waals surface area contributed by atoms with Crippen molar-refractivity contribution in [3.63, 3.8) is 0 Å². The van der Waals surface area contributed by atoms with Gasteiger partial charge in [-0.3, -0.25) is 4.79 Å². The molecule has 3 atom stereocenters. The third-order valence-electron chi connectivity index (χ3n) is 6.04. The standard InChI is InChI=1S/C18H24N2O3S/c1-19(2)16-11-24(22,23)17-10-20(9-15(16)17)18(21)14-7-12-5-3-4-6-13(12)8-14/h3-6,14-17H,7-11H2,1-2H3/t15-,16+,17-/m0/s1. The van der Waals surface area contributed by atoms with Crippen LogP contribution >= 0.6 is 0 Å². The van der Waals surface area contributed by atoms with E-state index in [-0.39, 0.29) is 34.8 Å². The minimum absolute atomic E-state index is 0.0262. The minimum Gasteiger partial charge on any atom is -0.341 e.